The van der Waals surface area contributed by atoms with Gasteiger partial charge in [-0.15, -0.1) is 0 Å². The lowest BCUT2D eigenvalue weighted by Crippen LogP contribution is -2.11. The fourth-order valence-corrected chi connectivity index (χ4v) is 2.02. The van der Waals surface area contributed by atoms with Gasteiger partial charge in [0.05, 0.1) is 16.9 Å². The number of nitrogens with zero attached hydrogens (tertiary/aromatic N) is 1. The zero-order valence-electron chi connectivity index (χ0n) is 12.2. The van der Waals surface area contributed by atoms with Crippen molar-refractivity contribution in [2.45, 2.75) is 32.9 Å². The number of hydrogen-bond acceptors (Lipinski definition) is 2. The van der Waals surface area contributed by atoms with E-state index in [0.29, 0.717) is 29.8 Å². The number of aromatic nitrogens is 2. The van der Waals surface area contributed by atoms with Crippen LogP contribution in [0.5, 0.6) is 0 Å². The van der Waals surface area contributed by atoms with Crippen molar-refractivity contribution in [3.05, 3.63) is 35.5 Å². The predicted molar refractivity (Wildman–Crippen MR) is 77.3 cm³/mol. The first-order valence-corrected chi connectivity index (χ1v) is 6.91. The van der Waals surface area contributed by atoms with Gasteiger partial charge < -0.3 is 5.32 Å². The van der Waals surface area contributed by atoms with Crippen molar-refractivity contribution >= 4 is 11.6 Å². The van der Waals surface area contributed by atoms with Crippen molar-refractivity contribution < 1.29 is 18.0 Å². The number of aryl methyl sites for hydroxylation is 1. The van der Waals surface area contributed by atoms with Crippen molar-refractivity contribution in [3.8, 4) is 11.3 Å². The molecule has 4 nitrogen and oxygen atoms in total. The Labute approximate surface area is 125 Å². The topological polar surface area (TPSA) is 57.8 Å². The molecule has 2 N–H and O–H groups in total. The van der Waals surface area contributed by atoms with Crippen molar-refractivity contribution in [3.63, 3.8) is 0 Å². The minimum absolute atomic E-state index is 0.177. The Bertz CT molecular complexity index is 660. The first kappa shape index (κ1) is 16.1. The highest BCUT2D eigenvalue weighted by Gasteiger charge is 2.30. The highest BCUT2D eigenvalue weighted by Crippen LogP contribution is 2.33. The molecule has 0 saturated heterocycles. The number of carbonyl (C=O) groups excluding carboxylic acids is 1. The molecular weight excluding hydrogens is 295 g/mol. The number of benzene rings is 1. The fraction of sp³-hybridized carbons (Fsp3) is 0.333. The summed E-state index contributed by atoms with van der Waals surface area (Å²) in [6.45, 7) is 3.62. The fourth-order valence-electron chi connectivity index (χ4n) is 2.02. The van der Waals surface area contributed by atoms with Gasteiger partial charge in [0, 0.05) is 12.0 Å². The molecule has 0 spiro atoms. The second kappa shape index (κ2) is 6.21. The van der Waals surface area contributed by atoms with Crippen LogP contribution in [0, 0.1) is 0 Å². The Morgan fingerprint density at radius 3 is 2.36 bits per heavy atom. The summed E-state index contributed by atoms with van der Waals surface area (Å²) < 4.78 is 37.8. The Kier molecular flexibility index (Phi) is 4.54. The Morgan fingerprint density at radius 2 is 1.86 bits per heavy atom. The largest absolute Gasteiger partial charge is 0.416 e. The number of alkyl halides is 3. The molecule has 118 valence electrons. The minimum Gasteiger partial charge on any atom is -0.323 e. The molecule has 0 aliphatic carbocycles. The number of halogens is 3. The number of nitrogens with one attached hydrogen (secondary N) is 2. The number of rotatable bonds is 4. The standard InChI is InChI=1S/C15H16F3N3O/c1-3-11-14(19-12(22)4-2)13(21-20-11)9-5-7-10(8-6-9)15(16,17)18/h5-8H,3-4H2,1-2H3,(H,19,22)(H,20,21). The van der Waals surface area contributed by atoms with Crippen LogP contribution in [0.2, 0.25) is 0 Å². The number of H-pyrrole nitrogens is 1. The second-order valence-corrected chi connectivity index (χ2v) is 4.76. The quantitative estimate of drug-likeness (QED) is 0.896. The monoisotopic (exact) mass is 311 g/mol. The van der Waals surface area contributed by atoms with Crippen molar-refractivity contribution in [1.82, 2.24) is 10.2 Å². The van der Waals surface area contributed by atoms with E-state index in [0.717, 1.165) is 17.8 Å². The maximum Gasteiger partial charge on any atom is 0.416 e. The van der Waals surface area contributed by atoms with Gasteiger partial charge in [-0.2, -0.15) is 18.3 Å². The summed E-state index contributed by atoms with van der Waals surface area (Å²) in [6.07, 6.45) is -3.45. The van der Waals surface area contributed by atoms with Crippen LogP contribution in [0.4, 0.5) is 18.9 Å². The molecule has 0 unspecified atom stereocenters. The number of carbonyl (C=O) groups is 1. The van der Waals surface area contributed by atoms with Crippen LogP contribution in [0.15, 0.2) is 24.3 Å². The van der Waals surface area contributed by atoms with Gasteiger partial charge in [-0.1, -0.05) is 26.0 Å². The number of anilines is 1. The van der Waals surface area contributed by atoms with E-state index in [1.54, 1.807) is 6.92 Å². The molecule has 2 rings (SSSR count). The van der Waals surface area contributed by atoms with Gasteiger partial charge in [-0.3, -0.25) is 9.89 Å². The lowest BCUT2D eigenvalue weighted by molar-refractivity contribution is -0.137. The van der Waals surface area contributed by atoms with Gasteiger partial charge in [0.2, 0.25) is 5.91 Å². The molecule has 1 heterocycles. The summed E-state index contributed by atoms with van der Waals surface area (Å²) in [5.41, 5.74) is 1.48. The van der Waals surface area contributed by atoms with Crippen molar-refractivity contribution in [1.29, 1.82) is 0 Å². The average molecular weight is 311 g/mol. The Morgan fingerprint density at radius 1 is 1.23 bits per heavy atom. The highest BCUT2D eigenvalue weighted by molar-refractivity contribution is 5.95. The van der Waals surface area contributed by atoms with Crippen molar-refractivity contribution in [2.24, 2.45) is 0 Å². The molecular formula is C15H16F3N3O. The van der Waals surface area contributed by atoms with Gasteiger partial charge in [0.25, 0.3) is 0 Å². The Hall–Kier alpha value is -2.31. The molecule has 0 radical (unpaired) electrons. The number of amides is 1. The normalized spacial score (nSPS) is 11.5. The molecule has 1 amide bonds. The number of aromatic amines is 1. The Balaban J connectivity index is 2.40. The highest BCUT2D eigenvalue weighted by atomic mass is 19.4. The van der Waals surface area contributed by atoms with E-state index < -0.39 is 11.7 Å². The molecule has 7 heteroatoms. The summed E-state index contributed by atoms with van der Waals surface area (Å²) in [6, 6.07) is 4.70. The summed E-state index contributed by atoms with van der Waals surface area (Å²) >= 11 is 0. The number of hydrogen-bond donors (Lipinski definition) is 2. The van der Waals surface area contributed by atoms with E-state index in [2.05, 4.69) is 15.5 Å². The summed E-state index contributed by atoms with van der Waals surface area (Å²) in [5.74, 6) is -0.177. The van der Waals surface area contributed by atoms with E-state index in [4.69, 9.17) is 0 Å². The third-order valence-corrected chi connectivity index (χ3v) is 3.27. The molecule has 0 atom stereocenters. The van der Waals surface area contributed by atoms with E-state index >= 15 is 0 Å². The van der Waals surface area contributed by atoms with Crippen LogP contribution >= 0.6 is 0 Å². The third kappa shape index (κ3) is 3.29. The first-order valence-electron chi connectivity index (χ1n) is 6.91. The SMILES string of the molecule is CCC(=O)Nc1c(-c2ccc(C(F)(F)F)cc2)n[nH]c1CC. The molecule has 1 aromatic heterocycles. The minimum atomic E-state index is -4.38. The summed E-state index contributed by atoms with van der Waals surface area (Å²) in [7, 11) is 0. The maximum absolute atomic E-state index is 12.6. The molecule has 0 aliphatic heterocycles. The van der Waals surface area contributed by atoms with Gasteiger partial charge in [-0.05, 0) is 18.6 Å². The molecule has 0 bridgehead atoms. The molecule has 0 fully saturated rings. The molecule has 2 aromatic rings. The molecule has 1 aromatic carbocycles. The first-order chi connectivity index (χ1) is 10.4. The average Bonchev–Trinajstić information content (AvgIpc) is 2.89. The van der Waals surface area contributed by atoms with E-state index in [1.807, 2.05) is 6.92 Å². The molecule has 0 saturated carbocycles. The summed E-state index contributed by atoms with van der Waals surface area (Å²) in [4.78, 5) is 11.6. The second-order valence-electron chi connectivity index (χ2n) is 4.76. The third-order valence-electron chi connectivity index (χ3n) is 3.27. The van der Waals surface area contributed by atoms with E-state index in [-0.39, 0.29) is 5.91 Å². The van der Waals surface area contributed by atoms with E-state index in [1.165, 1.54) is 12.1 Å². The van der Waals surface area contributed by atoms with Crippen LogP contribution in [-0.4, -0.2) is 16.1 Å². The van der Waals surface area contributed by atoms with Crippen LogP contribution in [0.25, 0.3) is 11.3 Å². The lowest BCUT2D eigenvalue weighted by atomic mass is 10.1. The molecule has 0 aliphatic rings. The van der Waals surface area contributed by atoms with Gasteiger partial charge in [0.15, 0.2) is 0 Å². The van der Waals surface area contributed by atoms with Gasteiger partial charge >= 0.3 is 6.18 Å². The van der Waals surface area contributed by atoms with Crippen LogP contribution in [0.1, 0.15) is 31.5 Å². The van der Waals surface area contributed by atoms with Gasteiger partial charge in [-0.25, -0.2) is 0 Å². The van der Waals surface area contributed by atoms with Gasteiger partial charge in [0.1, 0.15) is 5.69 Å². The van der Waals surface area contributed by atoms with Crippen LogP contribution in [-0.2, 0) is 17.4 Å². The van der Waals surface area contributed by atoms with Crippen LogP contribution < -0.4 is 5.32 Å². The van der Waals surface area contributed by atoms with Crippen molar-refractivity contribution in [2.75, 3.05) is 5.32 Å². The molecule has 22 heavy (non-hydrogen) atoms. The lowest BCUT2D eigenvalue weighted by Gasteiger charge is -2.09. The van der Waals surface area contributed by atoms with E-state index in [9.17, 15) is 18.0 Å². The smallest absolute Gasteiger partial charge is 0.323 e. The zero-order valence-corrected chi connectivity index (χ0v) is 12.2. The summed E-state index contributed by atoms with van der Waals surface area (Å²) in [5, 5.41) is 9.67. The zero-order chi connectivity index (χ0) is 16.3. The maximum atomic E-state index is 12.6. The van der Waals surface area contributed by atoms with Crippen LogP contribution in [0.3, 0.4) is 0 Å². The predicted octanol–water partition coefficient (Wildman–Crippen LogP) is 4.01.